The van der Waals surface area contributed by atoms with Gasteiger partial charge < -0.3 is 5.11 Å². The van der Waals surface area contributed by atoms with Crippen LogP contribution < -0.4 is 0 Å². The molecule has 0 saturated carbocycles. The minimum atomic E-state index is -0.507. The van der Waals surface area contributed by atoms with E-state index >= 15 is 0 Å². The van der Waals surface area contributed by atoms with Crippen LogP contribution in [0.2, 0.25) is 5.02 Å². The second-order valence-electron chi connectivity index (χ2n) is 3.87. The first-order chi connectivity index (χ1) is 8.11. The minimum absolute atomic E-state index is 0.507. The maximum absolute atomic E-state index is 9.63. The van der Waals surface area contributed by atoms with Crippen LogP contribution in [0.3, 0.4) is 0 Å². The van der Waals surface area contributed by atoms with Gasteiger partial charge in [-0.05, 0) is 25.5 Å². The average Bonchev–Trinajstić information content (AvgIpc) is 2.69. The molecule has 0 saturated heterocycles. The maximum Gasteiger partial charge on any atom is 0.0957 e. The lowest BCUT2D eigenvalue weighted by atomic mass is 10.2. The number of nitrogens with zero attached hydrogens (tertiary/aromatic N) is 3. The summed E-state index contributed by atoms with van der Waals surface area (Å²) >= 11 is 5.94. The first-order valence-corrected chi connectivity index (χ1v) is 5.85. The Morgan fingerprint density at radius 1 is 1.47 bits per heavy atom. The Morgan fingerprint density at radius 2 is 2.24 bits per heavy atom. The first kappa shape index (κ1) is 12.1. The second-order valence-corrected chi connectivity index (χ2v) is 4.28. The zero-order valence-corrected chi connectivity index (χ0v) is 10.5. The Balaban J connectivity index is 2.29. The Labute approximate surface area is 105 Å². The molecule has 5 heteroatoms. The van der Waals surface area contributed by atoms with E-state index < -0.39 is 6.10 Å². The molecule has 90 valence electrons. The Bertz CT molecular complexity index is 487. The zero-order valence-electron chi connectivity index (χ0n) is 9.76. The third-order valence-corrected chi connectivity index (χ3v) is 2.97. The number of pyridine rings is 1. The highest BCUT2D eigenvalue weighted by Gasteiger charge is 2.08. The van der Waals surface area contributed by atoms with Gasteiger partial charge in [0.05, 0.1) is 34.4 Å². The molecule has 0 bridgehead atoms. The number of aryl methyl sites for hydroxylation is 1. The van der Waals surface area contributed by atoms with Crippen LogP contribution in [0.25, 0.3) is 5.69 Å². The smallest absolute Gasteiger partial charge is 0.0957 e. The zero-order chi connectivity index (χ0) is 12.4. The number of aromatic nitrogens is 3. The van der Waals surface area contributed by atoms with E-state index in [-0.39, 0.29) is 0 Å². The minimum Gasteiger partial charge on any atom is -0.387 e. The van der Waals surface area contributed by atoms with Crippen molar-refractivity contribution in [1.82, 2.24) is 14.8 Å². The number of aliphatic hydroxyl groups is 1. The second kappa shape index (κ2) is 4.85. The van der Waals surface area contributed by atoms with Crippen molar-refractivity contribution in [2.24, 2.45) is 0 Å². The van der Waals surface area contributed by atoms with Crippen LogP contribution in [0.1, 0.15) is 30.8 Å². The van der Waals surface area contributed by atoms with Gasteiger partial charge in [-0.25, -0.2) is 4.68 Å². The molecule has 4 nitrogen and oxygen atoms in total. The van der Waals surface area contributed by atoms with Crippen LogP contribution in [0.5, 0.6) is 0 Å². The topological polar surface area (TPSA) is 50.9 Å². The van der Waals surface area contributed by atoms with E-state index in [2.05, 4.69) is 10.1 Å². The van der Waals surface area contributed by atoms with Gasteiger partial charge >= 0.3 is 0 Å². The number of hydrogen-bond acceptors (Lipinski definition) is 3. The van der Waals surface area contributed by atoms with Crippen molar-refractivity contribution in [3.8, 4) is 5.69 Å². The molecule has 0 aliphatic carbocycles. The van der Waals surface area contributed by atoms with Gasteiger partial charge in [0.15, 0.2) is 0 Å². The van der Waals surface area contributed by atoms with Crippen molar-refractivity contribution < 1.29 is 5.11 Å². The lowest BCUT2D eigenvalue weighted by Crippen LogP contribution is -2.01. The summed E-state index contributed by atoms with van der Waals surface area (Å²) in [5.74, 6) is 0. The van der Waals surface area contributed by atoms with Crippen LogP contribution in [0.4, 0.5) is 0 Å². The van der Waals surface area contributed by atoms with Crippen molar-refractivity contribution in [2.75, 3.05) is 0 Å². The normalized spacial score (nSPS) is 12.7. The van der Waals surface area contributed by atoms with E-state index in [4.69, 9.17) is 11.6 Å². The van der Waals surface area contributed by atoms with Crippen LogP contribution in [0, 0.1) is 6.92 Å². The van der Waals surface area contributed by atoms with Crippen molar-refractivity contribution in [3.63, 3.8) is 0 Å². The monoisotopic (exact) mass is 251 g/mol. The van der Waals surface area contributed by atoms with Gasteiger partial charge in [0.25, 0.3) is 0 Å². The molecule has 2 rings (SSSR count). The van der Waals surface area contributed by atoms with Crippen molar-refractivity contribution in [1.29, 1.82) is 0 Å². The van der Waals surface area contributed by atoms with E-state index in [9.17, 15) is 5.11 Å². The van der Waals surface area contributed by atoms with E-state index in [0.717, 1.165) is 11.4 Å². The molecule has 0 aromatic carbocycles. The van der Waals surface area contributed by atoms with Crippen LogP contribution in [-0.2, 0) is 0 Å². The number of hydrogen-bond donors (Lipinski definition) is 1. The quantitative estimate of drug-likeness (QED) is 0.913. The lowest BCUT2D eigenvalue weighted by Gasteiger charge is -2.07. The molecular weight excluding hydrogens is 238 g/mol. The standard InChI is InChI=1S/C12H14ClN3O/c1-3-12(17)11-5-4-9(6-14-11)16-7-10(13)8(2)15-16/h4-7,12,17H,3H2,1-2H3/t12-/m1/s1. The predicted molar refractivity (Wildman–Crippen MR) is 66.4 cm³/mol. The van der Waals surface area contributed by atoms with Gasteiger partial charge in [0.2, 0.25) is 0 Å². The molecule has 0 spiro atoms. The Hall–Kier alpha value is -1.39. The molecule has 0 aliphatic heterocycles. The van der Waals surface area contributed by atoms with Crippen molar-refractivity contribution in [3.05, 3.63) is 40.9 Å². The van der Waals surface area contributed by atoms with E-state index in [1.165, 1.54) is 0 Å². The van der Waals surface area contributed by atoms with Crippen LogP contribution in [0.15, 0.2) is 24.5 Å². The number of aliphatic hydroxyl groups excluding tert-OH is 1. The molecule has 0 radical (unpaired) electrons. The molecule has 2 aromatic rings. The first-order valence-electron chi connectivity index (χ1n) is 5.48. The van der Waals surface area contributed by atoms with Gasteiger partial charge in [-0.2, -0.15) is 5.10 Å². The highest BCUT2D eigenvalue weighted by atomic mass is 35.5. The van der Waals surface area contributed by atoms with E-state index in [1.807, 2.05) is 19.9 Å². The molecule has 1 N–H and O–H groups in total. The van der Waals surface area contributed by atoms with Gasteiger partial charge in [-0.15, -0.1) is 0 Å². The van der Waals surface area contributed by atoms with Crippen LogP contribution >= 0.6 is 11.6 Å². The molecule has 0 amide bonds. The molecule has 0 aliphatic rings. The summed E-state index contributed by atoms with van der Waals surface area (Å²) in [7, 11) is 0. The summed E-state index contributed by atoms with van der Waals surface area (Å²) in [6.45, 7) is 3.76. The third-order valence-electron chi connectivity index (χ3n) is 2.60. The molecule has 0 fully saturated rings. The highest BCUT2D eigenvalue weighted by molar-refractivity contribution is 6.31. The molecule has 17 heavy (non-hydrogen) atoms. The molecule has 0 unspecified atom stereocenters. The fourth-order valence-electron chi connectivity index (χ4n) is 1.51. The van der Waals surface area contributed by atoms with Gasteiger partial charge in [-0.3, -0.25) is 4.98 Å². The van der Waals surface area contributed by atoms with E-state index in [0.29, 0.717) is 17.1 Å². The maximum atomic E-state index is 9.63. The summed E-state index contributed by atoms with van der Waals surface area (Å²) in [6, 6.07) is 3.67. The molecular formula is C12H14ClN3O. The van der Waals surface area contributed by atoms with Gasteiger partial charge in [0.1, 0.15) is 0 Å². The van der Waals surface area contributed by atoms with Gasteiger partial charge in [-0.1, -0.05) is 18.5 Å². The predicted octanol–water partition coefficient (Wildman–Crippen LogP) is 2.67. The summed E-state index contributed by atoms with van der Waals surface area (Å²) in [6.07, 6.45) is 3.56. The highest BCUT2D eigenvalue weighted by Crippen LogP contribution is 2.18. The van der Waals surface area contributed by atoms with Gasteiger partial charge in [0, 0.05) is 6.20 Å². The largest absolute Gasteiger partial charge is 0.387 e. The average molecular weight is 252 g/mol. The fourth-order valence-corrected chi connectivity index (χ4v) is 1.64. The Kier molecular flexibility index (Phi) is 3.45. The van der Waals surface area contributed by atoms with Crippen molar-refractivity contribution in [2.45, 2.75) is 26.4 Å². The summed E-state index contributed by atoms with van der Waals surface area (Å²) in [4.78, 5) is 4.21. The lowest BCUT2D eigenvalue weighted by molar-refractivity contribution is 0.169. The van der Waals surface area contributed by atoms with E-state index in [1.54, 1.807) is 23.1 Å². The Morgan fingerprint density at radius 3 is 2.71 bits per heavy atom. The molecule has 2 aromatic heterocycles. The summed E-state index contributed by atoms with van der Waals surface area (Å²) in [5.41, 5.74) is 2.28. The van der Waals surface area contributed by atoms with Crippen LogP contribution in [-0.4, -0.2) is 19.9 Å². The number of halogens is 1. The molecule has 2 heterocycles. The van der Waals surface area contributed by atoms with Crippen molar-refractivity contribution >= 4 is 11.6 Å². The number of rotatable bonds is 3. The third kappa shape index (κ3) is 2.48. The fraction of sp³-hybridized carbons (Fsp3) is 0.333. The summed E-state index contributed by atoms with van der Waals surface area (Å²) < 4.78 is 1.67. The molecule has 1 atom stereocenters. The summed E-state index contributed by atoms with van der Waals surface area (Å²) in [5, 5.41) is 14.5. The SMILES string of the molecule is CC[C@@H](O)c1ccc(-n2cc(Cl)c(C)n2)cn1.